The van der Waals surface area contributed by atoms with Crippen LogP contribution >= 0.6 is 0 Å². The van der Waals surface area contributed by atoms with E-state index in [1.165, 1.54) is 10.8 Å². The summed E-state index contributed by atoms with van der Waals surface area (Å²) in [6, 6.07) is 7.05. The van der Waals surface area contributed by atoms with Gasteiger partial charge in [-0.2, -0.15) is 0 Å². The summed E-state index contributed by atoms with van der Waals surface area (Å²) in [5.74, 6) is 1.16. The highest BCUT2D eigenvalue weighted by Gasteiger charge is 2.26. The first-order valence-electron chi connectivity index (χ1n) is 7.98. The Kier molecular flexibility index (Phi) is 3.52. The van der Waals surface area contributed by atoms with Gasteiger partial charge < -0.3 is 9.64 Å². The average molecular weight is 339 g/mol. The normalized spacial score (nSPS) is 13.8. The van der Waals surface area contributed by atoms with E-state index in [1.807, 2.05) is 24.3 Å². The molecule has 2 aromatic heterocycles. The van der Waals surface area contributed by atoms with E-state index in [-0.39, 0.29) is 6.03 Å². The van der Waals surface area contributed by atoms with E-state index in [9.17, 15) is 9.59 Å². The van der Waals surface area contributed by atoms with Crippen LogP contribution in [0.15, 0.2) is 35.3 Å². The first-order valence-corrected chi connectivity index (χ1v) is 7.98. The molecule has 1 saturated heterocycles. The predicted octanol–water partition coefficient (Wildman–Crippen LogP) is 1.48. The number of imidazole rings is 1. The largest absolute Gasteiger partial charge is 0.497 e. The number of fused-ring (bicyclic) bond motifs is 1. The van der Waals surface area contributed by atoms with Crippen LogP contribution < -0.4 is 10.4 Å². The van der Waals surface area contributed by atoms with Crippen LogP contribution in [-0.2, 0) is 7.05 Å². The van der Waals surface area contributed by atoms with Crippen LogP contribution in [0.25, 0.3) is 22.6 Å². The van der Waals surface area contributed by atoms with Crippen LogP contribution in [0.1, 0.15) is 6.42 Å². The lowest BCUT2D eigenvalue weighted by Gasteiger charge is -2.30. The fourth-order valence-electron chi connectivity index (χ4n) is 2.85. The van der Waals surface area contributed by atoms with Gasteiger partial charge in [-0.05, 0) is 18.6 Å². The van der Waals surface area contributed by atoms with E-state index in [2.05, 4.69) is 9.97 Å². The minimum Gasteiger partial charge on any atom is -0.497 e. The van der Waals surface area contributed by atoms with Crippen LogP contribution in [0.3, 0.4) is 0 Å². The Morgan fingerprint density at radius 3 is 2.76 bits per heavy atom. The van der Waals surface area contributed by atoms with Crippen LogP contribution in [-0.4, -0.2) is 50.2 Å². The third-order valence-electron chi connectivity index (χ3n) is 4.43. The molecule has 0 radical (unpaired) electrons. The Balaban J connectivity index is 1.85. The molecule has 25 heavy (non-hydrogen) atoms. The summed E-state index contributed by atoms with van der Waals surface area (Å²) in [7, 11) is 3.20. The predicted molar refractivity (Wildman–Crippen MR) is 91.7 cm³/mol. The van der Waals surface area contributed by atoms with Crippen molar-refractivity contribution in [3.63, 3.8) is 0 Å². The van der Waals surface area contributed by atoms with Crippen molar-refractivity contribution in [2.75, 3.05) is 20.2 Å². The van der Waals surface area contributed by atoms with Gasteiger partial charge in [0.2, 0.25) is 0 Å². The molecule has 3 aromatic rings. The van der Waals surface area contributed by atoms with Crippen LogP contribution in [0, 0.1) is 0 Å². The summed E-state index contributed by atoms with van der Waals surface area (Å²) in [5.41, 5.74) is 1.20. The van der Waals surface area contributed by atoms with E-state index < -0.39 is 5.69 Å². The van der Waals surface area contributed by atoms with Crippen molar-refractivity contribution in [2.24, 2.45) is 7.05 Å². The van der Waals surface area contributed by atoms with E-state index in [1.54, 1.807) is 19.1 Å². The van der Waals surface area contributed by atoms with Gasteiger partial charge in [-0.25, -0.2) is 24.1 Å². The highest BCUT2D eigenvalue weighted by molar-refractivity contribution is 5.88. The number of hydrogen-bond acceptors (Lipinski definition) is 5. The number of methoxy groups -OCH3 is 1. The average Bonchev–Trinajstić information content (AvgIpc) is 2.84. The van der Waals surface area contributed by atoms with Gasteiger partial charge in [0.05, 0.1) is 13.3 Å². The summed E-state index contributed by atoms with van der Waals surface area (Å²) in [6.45, 7) is 1.34. The smallest absolute Gasteiger partial charge is 0.338 e. The Bertz CT molecular complexity index is 1030. The van der Waals surface area contributed by atoms with Crippen molar-refractivity contribution in [1.29, 1.82) is 0 Å². The van der Waals surface area contributed by atoms with E-state index in [4.69, 9.17) is 4.74 Å². The van der Waals surface area contributed by atoms with E-state index in [0.29, 0.717) is 35.8 Å². The summed E-state index contributed by atoms with van der Waals surface area (Å²) >= 11 is 0. The van der Waals surface area contributed by atoms with Crippen molar-refractivity contribution in [1.82, 2.24) is 24.0 Å². The van der Waals surface area contributed by atoms with Gasteiger partial charge in [-0.15, -0.1) is 0 Å². The van der Waals surface area contributed by atoms with Gasteiger partial charge in [0.1, 0.15) is 11.3 Å². The SMILES string of the molecule is COc1cccc(-c2ncc3c(n2)n(C)c(=O)n3C(=O)N2CCC2)c1. The highest BCUT2D eigenvalue weighted by atomic mass is 16.5. The number of aryl methyl sites for hydroxylation is 1. The molecular weight excluding hydrogens is 322 g/mol. The minimum absolute atomic E-state index is 0.320. The maximum Gasteiger partial charge on any atom is 0.338 e. The lowest BCUT2D eigenvalue weighted by atomic mass is 10.2. The van der Waals surface area contributed by atoms with Gasteiger partial charge in [0, 0.05) is 25.7 Å². The Hall–Kier alpha value is -3.16. The molecule has 0 unspecified atom stereocenters. The molecule has 3 heterocycles. The molecule has 1 aromatic carbocycles. The first kappa shape index (κ1) is 15.4. The molecular formula is C17H17N5O3. The summed E-state index contributed by atoms with van der Waals surface area (Å²) in [6.07, 6.45) is 2.48. The van der Waals surface area contributed by atoms with Gasteiger partial charge in [0.25, 0.3) is 0 Å². The third kappa shape index (κ3) is 2.37. The van der Waals surface area contributed by atoms with Crippen molar-refractivity contribution < 1.29 is 9.53 Å². The minimum atomic E-state index is -0.413. The Labute approximate surface area is 143 Å². The summed E-state index contributed by atoms with van der Waals surface area (Å²) in [5, 5.41) is 0. The van der Waals surface area contributed by atoms with Crippen LogP contribution in [0.2, 0.25) is 0 Å². The molecule has 0 saturated carbocycles. The number of benzene rings is 1. The second-order valence-electron chi connectivity index (χ2n) is 5.93. The molecule has 4 rings (SSSR count). The number of carbonyl (C=O) groups excluding carboxylic acids is 1. The number of nitrogens with zero attached hydrogens (tertiary/aromatic N) is 5. The molecule has 0 N–H and O–H groups in total. The molecule has 8 heteroatoms. The number of amides is 1. The van der Waals surface area contributed by atoms with Gasteiger partial charge >= 0.3 is 11.7 Å². The van der Waals surface area contributed by atoms with Crippen molar-refractivity contribution in [3.8, 4) is 17.1 Å². The number of rotatable bonds is 2. The molecule has 0 aliphatic carbocycles. The lowest BCUT2D eigenvalue weighted by molar-refractivity contribution is 0.169. The number of aromatic nitrogens is 4. The molecule has 1 aliphatic rings. The monoisotopic (exact) mass is 339 g/mol. The van der Waals surface area contributed by atoms with Gasteiger partial charge in [-0.3, -0.25) is 4.57 Å². The first-order chi connectivity index (χ1) is 12.1. The zero-order valence-corrected chi connectivity index (χ0v) is 14.0. The second kappa shape index (κ2) is 5.73. The fourth-order valence-corrected chi connectivity index (χ4v) is 2.85. The third-order valence-corrected chi connectivity index (χ3v) is 4.43. The van der Waals surface area contributed by atoms with Crippen molar-refractivity contribution in [3.05, 3.63) is 40.9 Å². The number of carbonyl (C=O) groups is 1. The molecule has 1 fully saturated rings. The molecule has 1 aliphatic heterocycles. The zero-order chi connectivity index (χ0) is 17.6. The Morgan fingerprint density at radius 2 is 2.08 bits per heavy atom. The van der Waals surface area contributed by atoms with Crippen LogP contribution in [0.4, 0.5) is 4.79 Å². The van der Waals surface area contributed by atoms with E-state index >= 15 is 0 Å². The number of likely N-dealkylation sites (tertiary alicyclic amines) is 1. The summed E-state index contributed by atoms with van der Waals surface area (Å²) in [4.78, 5) is 35.5. The second-order valence-corrected chi connectivity index (χ2v) is 5.93. The van der Waals surface area contributed by atoms with Gasteiger partial charge in [0.15, 0.2) is 11.5 Å². The zero-order valence-electron chi connectivity index (χ0n) is 14.0. The van der Waals surface area contributed by atoms with Crippen molar-refractivity contribution in [2.45, 2.75) is 6.42 Å². The standard InChI is InChI=1S/C17H17N5O3/c1-20-15-13(22(16(20)23)17(24)21-7-4-8-21)10-18-14(19-15)11-5-3-6-12(9-11)25-2/h3,5-6,9-10H,4,7-8H2,1-2H3. The highest BCUT2D eigenvalue weighted by Crippen LogP contribution is 2.22. The maximum absolute atomic E-state index is 12.5. The molecule has 0 bridgehead atoms. The topological polar surface area (TPSA) is 82.2 Å². The van der Waals surface area contributed by atoms with Crippen molar-refractivity contribution >= 4 is 17.2 Å². The quantitative estimate of drug-likeness (QED) is 0.706. The van der Waals surface area contributed by atoms with Gasteiger partial charge in [-0.1, -0.05) is 12.1 Å². The maximum atomic E-state index is 12.5. The van der Waals surface area contributed by atoms with E-state index in [0.717, 1.165) is 16.6 Å². The molecule has 0 spiro atoms. The summed E-state index contributed by atoms with van der Waals surface area (Å²) < 4.78 is 7.74. The lowest BCUT2D eigenvalue weighted by Crippen LogP contribution is -2.47. The molecule has 128 valence electrons. The molecule has 8 nitrogen and oxygen atoms in total. The molecule has 0 atom stereocenters. The molecule has 1 amide bonds. The number of ether oxygens (including phenoxy) is 1. The fraction of sp³-hybridized carbons (Fsp3) is 0.294. The Morgan fingerprint density at radius 1 is 1.28 bits per heavy atom. The van der Waals surface area contributed by atoms with Crippen LogP contribution in [0.5, 0.6) is 5.75 Å². The number of hydrogen-bond donors (Lipinski definition) is 0.